The summed E-state index contributed by atoms with van der Waals surface area (Å²) in [6.45, 7) is 0.589. The molecule has 2 saturated carbocycles. The zero-order chi connectivity index (χ0) is 12.0. The van der Waals surface area contributed by atoms with Crippen LogP contribution in [0.2, 0.25) is 0 Å². The fraction of sp³-hybridized carbons (Fsp3) is 0.846. The Hall–Kier alpha value is -0.900. The van der Waals surface area contributed by atoms with Gasteiger partial charge in [0.15, 0.2) is 0 Å². The Morgan fingerprint density at radius 2 is 1.76 bits per heavy atom. The predicted molar refractivity (Wildman–Crippen MR) is 63.1 cm³/mol. The van der Waals surface area contributed by atoms with Crippen LogP contribution in [0.5, 0.6) is 0 Å². The second-order valence-corrected chi connectivity index (χ2v) is 5.66. The largest absolute Gasteiger partial charge is 0.315 e. The van der Waals surface area contributed by atoms with Gasteiger partial charge in [-0.15, -0.1) is 0 Å². The summed E-state index contributed by atoms with van der Waals surface area (Å²) in [4.78, 5) is 25.9. The van der Waals surface area contributed by atoms with E-state index < -0.39 is 0 Å². The summed E-state index contributed by atoms with van der Waals surface area (Å²) < 4.78 is 0. The third kappa shape index (κ3) is 1.79. The molecule has 3 unspecified atom stereocenters. The van der Waals surface area contributed by atoms with Gasteiger partial charge in [-0.3, -0.25) is 14.5 Å². The van der Waals surface area contributed by atoms with Gasteiger partial charge in [0.05, 0.1) is 11.8 Å². The topological polar surface area (TPSA) is 49.4 Å². The second kappa shape index (κ2) is 4.09. The summed E-state index contributed by atoms with van der Waals surface area (Å²) >= 11 is 0. The van der Waals surface area contributed by atoms with Gasteiger partial charge >= 0.3 is 0 Å². The number of rotatable bonds is 4. The number of nitrogens with one attached hydrogen (secondary N) is 1. The molecule has 3 aliphatic rings. The van der Waals surface area contributed by atoms with Crippen LogP contribution < -0.4 is 5.32 Å². The van der Waals surface area contributed by atoms with Gasteiger partial charge in [-0.1, -0.05) is 6.42 Å². The average Bonchev–Trinajstić information content (AvgIpc) is 3.00. The maximum atomic E-state index is 12.2. The number of nitrogens with zero attached hydrogens (tertiary/aromatic N) is 1. The highest BCUT2D eigenvalue weighted by Gasteiger charge is 2.50. The van der Waals surface area contributed by atoms with Gasteiger partial charge < -0.3 is 5.32 Å². The van der Waals surface area contributed by atoms with Crippen molar-refractivity contribution in [2.45, 2.75) is 38.1 Å². The zero-order valence-corrected chi connectivity index (χ0v) is 10.3. The van der Waals surface area contributed by atoms with Crippen LogP contribution in [-0.4, -0.2) is 36.3 Å². The van der Waals surface area contributed by atoms with Gasteiger partial charge in [-0.05, 0) is 38.6 Å². The van der Waals surface area contributed by atoms with Crippen molar-refractivity contribution < 1.29 is 9.59 Å². The standard InChI is InChI=1S/C13H20N2O2/c1-14-11(8-5-6-8)7-15-12(16)9-3-2-4-10(9)13(15)17/h8-11,14H,2-7H2,1H3. The van der Waals surface area contributed by atoms with E-state index in [-0.39, 0.29) is 23.7 Å². The fourth-order valence-electron chi connectivity index (χ4n) is 3.41. The number of fused-ring (bicyclic) bond motifs is 1. The highest BCUT2D eigenvalue weighted by Crippen LogP contribution is 2.40. The van der Waals surface area contributed by atoms with E-state index in [0.717, 1.165) is 19.3 Å². The average molecular weight is 236 g/mol. The Kier molecular flexibility index (Phi) is 2.69. The quantitative estimate of drug-likeness (QED) is 0.733. The molecule has 1 N–H and O–H groups in total. The molecule has 2 amide bonds. The van der Waals surface area contributed by atoms with Crippen molar-refractivity contribution in [1.29, 1.82) is 0 Å². The molecular weight excluding hydrogens is 216 g/mol. The summed E-state index contributed by atoms with van der Waals surface area (Å²) in [5.74, 6) is 0.885. The number of hydrogen-bond donors (Lipinski definition) is 1. The monoisotopic (exact) mass is 236 g/mol. The Bertz CT molecular complexity index is 329. The second-order valence-electron chi connectivity index (χ2n) is 5.66. The van der Waals surface area contributed by atoms with Crippen molar-refractivity contribution in [3.8, 4) is 0 Å². The third-order valence-corrected chi connectivity index (χ3v) is 4.62. The van der Waals surface area contributed by atoms with Gasteiger partial charge in [0.2, 0.25) is 11.8 Å². The summed E-state index contributed by atoms with van der Waals surface area (Å²) in [7, 11) is 1.93. The van der Waals surface area contributed by atoms with Crippen molar-refractivity contribution in [2.75, 3.05) is 13.6 Å². The molecule has 1 saturated heterocycles. The first-order valence-corrected chi connectivity index (χ1v) is 6.75. The van der Waals surface area contributed by atoms with Crippen molar-refractivity contribution in [3.63, 3.8) is 0 Å². The van der Waals surface area contributed by atoms with Crippen LogP contribution >= 0.6 is 0 Å². The lowest BCUT2D eigenvalue weighted by Gasteiger charge is -2.23. The molecule has 0 aromatic heterocycles. The van der Waals surface area contributed by atoms with Crippen LogP contribution in [-0.2, 0) is 9.59 Å². The van der Waals surface area contributed by atoms with Gasteiger partial charge in [0, 0.05) is 12.6 Å². The van der Waals surface area contributed by atoms with Gasteiger partial charge in [0.25, 0.3) is 0 Å². The first kappa shape index (κ1) is 11.2. The van der Waals surface area contributed by atoms with Crippen LogP contribution in [0.15, 0.2) is 0 Å². The number of imide groups is 1. The molecule has 1 heterocycles. The van der Waals surface area contributed by atoms with E-state index in [1.807, 2.05) is 7.05 Å². The third-order valence-electron chi connectivity index (χ3n) is 4.62. The molecule has 0 aromatic carbocycles. The lowest BCUT2D eigenvalue weighted by Crippen LogP contribution is -2.44. The highest BCUT2D eigenvalue weighted by atomic mass is 16.2. The molecule has 0 radical (unpaired) electrons. The van der Waals surface area contributed by atoms with E-state index >= 15 is 0 Å². The first-order valence-electron chi connectivity index (χ1n) is 6.75. The van der Waals surface area contributed by atoms with Crippen molar-refractivity contribution >= 4 is 11.8 Å². The van der Waals surface area contributed by atoms with Crippen molar-refractivity contribution in [3.05, 3.63) is 0 Å². The minimum Gasteiger partial charge on any atom is -0.315 e. The van der Waals surface area contributed by atoms with Crippen LogP contribution in [0.25, 0.3) is 0 Å². The maximum absolute atomic E-state index is 12.2. The van der Waals surface area contributed by atoms with E-state index in [9.17, 15) is 9.59 Å². The molecule has 3 fully saturated rings. The predicted octanol–water partition coefficient (Wildman–Crippen LogP) is 0.769. The molecule has 94 valence electrons. The number of likely N-dealkylation sites (tertiary alicyclic amines) is 1. The van der Waals surface area contributed by atoms with Gasteiger partial charge in [0.1, 0.15) is 0 Å². The smallest absolute Gasteiger partial charge is 0.233 e. The van der Waals surface area contributed by atoms with Crippen LogP contribution in [0.1, 0.15) is 32.1 Å². The molecule has 0 bridgehead atoms. The van der Waals surface area contributed by atoms with Crippen LogP contribution in [0.4, 0.5) is 0 Å². The highest BCUT2D eigenvalue weighted by molar-refractivity contribution is 6.05. The number of likely N-dealkylation sites (N-methyl/N-ethyl adjacent to an activating group) is 1. The minimum absolute atomic E-state index is 0.0132. The molecular formula is C13H20N2O2. The van der Waals surface area contributed by atoms with E-state index in [4.69, 9.17) is 0 Å². The van der Waals surface area contributed by atoms with Crippen LogP contribution in [0, 0.1) is 17.8 Å². The van der Waals surface area contributed by atoms with E-state index in [1.165, 1.54) is 17.7 Å². The minimum atomic E-state index is 0.0132. The van der Waals surface area contributed by atoms with E-state index in [0.29, 0.717) is 18.5 Å². The number of carbonyl (C=O) groups excluding carboxylic acids is 2. The summed E-state index contributed by atoms with van der Waals surface area (Å²) in [5.41, 5.74) is 0. The molecule has 0 aromatic rings. The number of hydrogen-bond acceptors (Lipinski definition) is 3. The van der Waals surface area contributed by atoms with Crippen molar-refractivity contribution in [1.82, 2.24) is 10.2 Å². The molecule has 17 heavy (non-hydrogen) atoms. The van der Waals surface area contributed by atoms with E-state index in [2.05, 4.69) is 5.32 Å². The molecule has 3 atom stereocenters. The molecule has 2 aliphatic carbocycles. The number of carbonyl (C=O) groups is 2. The zero-order valence-electron chi connectivity index (χ0n) is 10.3. The van der Waals surface area contributed by atoms with Gasteiger partial charge in [-0.25, -0.2) is 0 Å². The molecule has 3 rings (SSSR count). The summed E-state index contributed by atoms with van der Waals surface area (Å²) in [6, 6.07) is 0.307. The van der Waals surface area contributed by atoms with E-state index in [1.54, 1.807) is 0 Å². The summed E-state index contributed by atoms with van der Waals surface area (Å²) in [5, 5.41) is 3.25. The maximum Gasteiger partial charge on any atom is 0.233 e. The lowest BCUT2D eigenvalue weighted by molar-refractivity contribution is -0.140. The lowest BCUT2D eigenvalue weighted by atomic mass is 10.00. The normalized spacial score (nSPS) is 34.3. The molecule has 1 aliphatic heterocycles. The summed E-state index contributed by atoms with van der Waals surface area (Å²) in [6.07, 6.45) is 5.33. The molecule has 4 heteroatoms. The van der Waals surface area contributed by atoms with Crippen LogP contribution in [0.3, 0.4) is 0 Å². The Balaban J connectivity index is 1.70. The number of amides is 2. The SMILES string of the molecule is CNC(CN1C(=O)C2CCCC2C1=O)C1CC1. The Morgan fingerprint density at radius 1 is 1.18 bits per heavy atom. The molecule has 4 nitrogen and oxygen atoms in total. The fourth-order valence-corrected chi connectivity index (χ4v) is 3.41. The first-order chi connectivity index (χ1) is 8.22. The van der Waals surface area contributed by atoms with Gasteiger partial charge in [-0.2, -0.15) is 0 Å². The Labute approximate surface area is 102 Å². The van der Waals surface area contributed by atoms with Crippen molar-refractivity contribution in [2.24, 2.45) is 17.8 Å². The Morgan fingerprint density at radius 3 is 2.24 bits per heavy atom. The molecule has 0 spiro atoms.